The fourth-order valence-corrected chi connectivity index (χ4v) is 4.81. The summed E-state index contributed by atoms with van der Waals surface area (Å²) in [7, 11) is 0. The minimum Gasteiger partial charge on any atom is -0.490 e. The molecule has 1 fully saturated rings. The van der Waals surface area contributed by atoms with Crippen LogP contribution >= 0.6 is 55.1 Å². The Bertz CT molecular complexity index is 1430. The highest BCUT2D eigenvalue weighted by atomic mass is 79.9. The summed E-state index contributed by atoms with van der Waals surface area (Å²) in [6.45, 7) is 2.31. The summed E-state index contributed by atoms with van der Waals surface area (Å²) < 4.78 is 13.1. The highest BCUT2D eigenvalue weighted by Crippen LogP contribution is 2.39. The summed E-state index contributed by atoms with van der Waals surface area (Å²) in [5.41, 5.74) is 1.33. The molecule has 4 rings (SSSR count). The molecule has 0 aliphatic carbocycles. The van der Waals surface area contributed by atoms with Crippen molar-refractivity contribution < 1.29 is 23.9 Å². The number of urea groups is 1. The molecule has 1 saturated heterocycles. The number of imide groups is 2. The van der Waals surface area contributed by atoms with Crippen LogP contribution in [-0.2, 0) is 16.2 Å². The van der Waals surface area contributed by atoms with Crippen LogP contribution in [0.5, 0.6) is 11.5 Å². The Morgan fingerprint density at radius 2 is 1.70 bits per heavy atom. The van der Waals surface area contributed by atoms with Crippen molar-refractivity contribution in [3.05, 3.63) is 90.3 Å². The van der Waals surface area contributed by atoms with E-state index < -0.39 is 17.8 Å². The van der Waals surface area contributed by atoms with Crippen LogP contribution < -0.4 is 19.7 Å². The number of anilines is 1. The maximum absolute atomic E-state index is 13.2. The first kappa shape index (κ1) is 27.2. The van der Waals surface area contributed by atoms with Crippen LogP contribution in [0.2, 0.25) is 10.0 Å². The van der Waals surface area contributed by atoms with Crippen LogP contribution in [0.15, 0.2) is 69.1 Å². The standard InChI is InChI=1S/C26H18Br2Cl2N2O5/c1-2-36-22-11-14(10-20(28)23(22)37-13-15-3-6-17(29)12-21(15)30)9-19-24(33)31-26(35)32(25(19)34)18-7-4-16(27)5-8-18/h3-12H,2,13H2,1H3,(H,31,33,35)/b19-9-. The number of hydrogen-bond donors (Lipinski definition) is 1. The van der Waals surface area contributed by atoms with Crippen molar-refractivity contribution in [3.8, 4) is 11.5 Å². The smallest absolute Gasteiger partial charge is 0.335 e. The second kappa shape index (κ2) is 11.7. The second-order valence-electron chi connectivity index (χ2n) is 7.72. The number of carbonyl (C=O) groups excluding carboxylic acids is 3. The molecule has 3 aromatic rings. The molecule has 0 atom stereocenters. The molecule has 0 unspecified atom stereocenters. The Balaban J connectivity index is 1.66. The van der Waals surface area contributed by atoms with E-state index >= 15 is 0 Å². The lowest BCUT2D eigenvalue weighted by Crippen LogP contribution is -2.54. The van der Waals surface area contributed by atoms with Crippen molar-refractivity contribution in [2.24, 2.45) is 0 Å². The number of nitrogens with zero attached hydrogens (tertiary/aromatic N) is 1. The molecule has 7 nitrogen and oxygen atoms in total. The number of benzene rings is 3. The Kier molecular flexibility index (Phi) is 8.59. The van der Waals surface area contributed by atoms with Gasteiger partial charge in [0.1, 0.15) is 12.2 Å². The van der Waals surface area contributed by atoms with E-state index in [0.717, 1.165) is 14.9 Å². The van der Waals surface area contributed by atoms with Crippen molar-refractivity contribution in [2.75, 3.05) is 11.5 Å². The summed E-state index contributed by atoms with van der Waals surface area (Å²) >= 11 is 19.0. The topological polar surface area (TPSA) is 84.9 Å². The lowest BCUT2D eigenvalue weighted by Gasteiger charge is -2.26. The van der Waals surface area contributed by atoms with Crippen LogP contribution in [0.4, 0.5) is 10.5 Å². The number of ether oxygens (including phenoxy) is 2. The van der Waals surface area contributed by atoms with E-state index in [2.05, 4.69) is 37.2 Å². The highest BCUT2D eigenvalue weighted by molar-refractivity contribution is 9.10. The molecule has 3 aromatic carbocycles. The van der Waals surface area contributed by atoms with Gasteiger partial charge in [-0.25, -0.2) is 9.69 Å². The molecule has 37 heavy (non-hydrogen) atoms. The van der Waals surface area contributed by atoms with E-state index in [9.17, 15) is 14.4 Å². The molecule has 0 saturated carbocycles. The molecule has 4 amide bonds. The molecule has 0 aromatic heterocycles. The first-order valence-electron chi connectivity index (χ1n) is 10.9. The van der Waals surface area contributed by atoms with Crippen molar-refractivity contribution in [1.82, 2.24) is 5.32 Å². The van der Waals surface area contributed by atoms with Gasteiger partial charge in [0, 0.05) is 20.1 Å². The minimum absolute atomic E-state index is 0.153. The van der Waals surface area contributed by atoms with Crippen LogP contribution in [0.25, 0.3) is 6.08 Å². The molecule has 0 bridgehead atoms. The number of halogens is 4. The molecule has 11 heteroatoms. The fraction of sp³-hybridized carbons (Fsp3) is 0.115. The Labute approximate surface area is 239 Å². The van der Waals surface area contributed by atoms with Crippen LogP contribution in [-0.4, -0.2) is 24.5 Å². The molecule has 190 valence electrons. The van der Waals surface area contributed by atoms with Gasteiger partial charge < -0.3 is 9.47 Å². The Morgan fingerprint density at radius 1 is 0.973 bits per heavy atom. The van der Waals surface area contributed by atoms with Gasteiger partial charge in [0.2, 0.25) is 0 Å². The van der Waals surface area contributed by atoms with E-state index in [1.165, 1.54) is 6.08 Å². The SMILES string of the molecule is CCOc1cc(/C=C2/C(=O)NC(=O)N(c3ccc(Br)cc3)C2=O)cc(Br)c1OCc1ccc(Cl)cc1Cl. The van der Waals surface area contributed by atoms with Crippen LogP contribution in [0.3, 0.4) is 0 Å². The van der Waals surface area contributed by atoms with Crippen molar-refractivity contribution in [1.29, 1.82) is 0 Å². The van der Waals surface area contributed by atoms with Crippen LogP contribution in [0, 0.1) is 0 Å². The molecule has 1 N–H and O–H groups in total. The van der Waals surface area contributed by atoms with Gasteiger partial charge in [-0.1, -0.05) is 45.2 Å². The lowest BCUT2D eigenvalue weighted by atomic mass is 10.1. The summed E-state index contributed by atoms with van der Waals surface area (Å²) in [4.78, 5) is 39.1. The number of rotatable bonds is 7. The number of barbiturate groups is 1. The second-order valence-corrected chi connectivity index (χ2v) is 10.3. The molecular weight excluding hydrogens is 651 g/mol. The van der Waals surface area contributed by atoms with E-state index in [0.29, 0.717) is 43.9 Å². The Hall–Kier alpha value is -2.85. The molecule has 1 aliphatic heterocycles. The van der Waals surface area contributed by atoms with Gasteiger partial charge in [0.25, 0.3) is 11.8 Å². The lowest BCUT2D eigenvalue weighted by molar-refractivity contribution is -0.122. The van der Waals surface area contributed by atoms with Gasteiger partial charge in [-0.05, 0) is 83.0 Å². The highest BCUT2D eigenvalue weighted by Gasteiger charge is 2.36. The summed E-state index contributed by atoms with van der Waals surface area (Å²) in [6, 6.07) is 14.2. The van der Waals surface area contributed by atoms with E-state index in [-0.39, 0.29) is 12.2 Å². The monoisotopic (exact) mass is 666 g/mol. The molecule has 0 spiro atoms. The quantitative estimate of drug-likeness (QED) is 0.213. The van der Waals surface area contributed by atoms with E-state index in [1.54, 1.807) is 54.6 Å². The minimum atomic E-state index is -0.824. The van der Waals surface area contributed by atoms with Gasteiger partial charge in [0.05, 0.1) is 16.8 Å². The third kappa shape index (κ3) is 6.18. The van der Waals surface area contributed by atoms with E-state index in [1.807, 2.05) is 6.92 Å². The fourth-order valence-electron chi connectivity index (χ4n) is 3.51. The molecule has 1 heterocycles. The summed E-state index contributed by atoms with van der Waals surface area (Å²) in [5.74, 6) is -0.738. The number of nitrogens with one attached hydrogen (secondary N) is 1. The summed E-state index contributed by atoms with van der Waals surface area (Å²) in [5, 5.41) is 3.20. The predicted octanol–water partition coefficient (Wildman–Crippen LogP) is 7.16. The van der Waals surface area contributed by atoms with Gasteiger partial charge in [0.15, 0.2) is 11.5 Å². The van der Waals surface area contributed by atoms with Crippen molar-refractivity contribution >= 4 is 84.7 Å². The average molecular weight is 669 g/mol. The van der Waals surface area contributed by atoms with Crippen molar-refractivity contribution in [2.45, 2.75) is 13.5 Å². The molecule has 0 radical (unpaired) electrons. The average Bonchev–Trinajstić information content (AvgIpc) is 2.83. The zero-order chi connectivity index (χ0) is 26.7. The van der Waals surface area contributed by atoms with Crippen LogP contribution in [0.1, 0.15) is 18.1 Å². The maximum Gasteiger partial charge on any atom is 0.335 e. The van der Waals surface area contributed by atoms with Gasteiger partial charge in [-0.3, -0.25) is 14.9 Å². The number of hydrogen-bond acceptors (Lipinski definition) is 5. The van der Waals surface area contributed by atoms with E-state index in [4.69, 9.17) is 32.7 Å². The predicted molar refractivity (Wildman–Crippen MR) is 149 cm³/mol. The largest absolute Gasteiger partial charge is 0.490 e. The number of carbonyl (C=O) groups is 3. The van der Waals surface area contributed by atoms with Gasteiger partial charge in [-0.15, -0.1) is 0 Å². The maximum atomic E-state index is 13.2. The first-order chi connectivity index (χ1) is 17.7. The Morgan fingerprint density at radius 3 is 2.38 bits per heavy atom. The summed E-state index contributed by atoms with van der Waals surface area (Å²) in [6.07, 6.45) is 1.39. The number of amides is 4. The third-order valence-corrected chi connectivity index (χ3v) is 6.92. The molecular formula is C26H18Br2Cl2N2O5. The van der Waals surface area contributed by atoms with Crippen molar-refractivity contribution in [3.63, 3.8) is 0 Å². The van der Waals surface area contributed by atoms with Gasteiger partial charge in [-0.2, -0.15) is 0 Å². The molecule has 1 aliphatic rings. The third-order valence-electron chi connectivity index (χ3n) is 5.22. The normalized spacial score (nSPS) is 14.7. The zero-order valence-electron chi connectivity index (χ0n) is 19.2. The first-order valence-corrected chi connectivity index (χ1v) is 13.2. The van der Waals surface area contributed by atoms with Gasteiger partial charge >= 0.3 is 6.03 Å². The zero-order valence-corrected chi connectivity index (χ0v) is 23.9.